The van der Waals surface area contributed by atoms with Crippen molar-refractivity contribution in [3.8, 4) is 23.3 Å². The van der Waals surface area contributed by atoms with Crippen LogP contribution in [0.5, 0.6) is 17.2 Å². The molecular formula is C25H27N3O6. The van der Waals surface area contributed by atoms with E-state index in [1.54, 1.807) is 55.0 Å². The molecule has 0 amide bonds. The van der Waals surface area contributed by atoms with Crippen LogP contribution in [0.3, 0.4) is 0 Å². The molecule has 1 unspecified atom stereocenters. The lowest BCUT2D eigenvalue weighted by Crippen LogP contribution is -2.42. The van der Waals surface area contributed by atoms with Gasteiger partial charge in [0.2, 0.25) is 0 Å². The van der Waals surface area contributed by atoms with Crippen molar-refractivity contribution in [1.29, 1.82) is 5.26 Å². The van der Waals surface area contributed by atoms with Gasteiger partial charge in [0.15, 0.2) is 17.6 Å². The predicted octanol–water partition coefficient (Wildman–Crippen LogP) is 2.87. The summed E-state index contributed by atoms with van der Waals surface area (Å²) in [6.07, 6.45) is 0.674. The number of nitriles is 1. The van der Waals surface area contributed by atoms with Gasteiger partial charge in [-0.1, -0.05) is 6.07 Å². The second-order valence-electron chi connectivity index (χ2n) is 8.14. The highest BCUT2D eigenvalue weighted by atomic mass is 16.5. The summed E-state index contributed by atoms with van der Waals surface area (Å²) in [4.78, 5) is 27.2. The number of fused-ring (bicyclic) bond motifs is 1. The maximum absolute atomic E-state index is 13.6. The minimum absolute atomic E-state index is 0.0663. The van der Waals surface area contributed by atoms with Gasteiger partial charge in [-0.2, -0.15) is 5.26 Å². The van der Waals surface area contributed by atoms with E-state index in [0.29, 0.717) is 54.2 Å². The minimum atomic E-state index is -0.673. The van der Waals surface area contributed by atoms with Crippen molar-refractivity contribution in [3.63, 3.8) is 0 Å². The van der Waals surface area contributed by atoms with E-state index in [1.807, 2.05) is 6.07 Å². The molecule has 1 aliphatic heterocycles. The minimum Gasteiger partial charge on any atom is -0.493 e. The molecule has 9 nitrogen and oxygen atoms in total. The molecule has 3 aromatic rings. The molecular weight excluding hydrogens is 438 g/mol. The zero-order valence-corrected chi connectivity index (χ0v) is 19.4. The van der Waals surface area contributed by atoms with Gasteiger partial charge in [0, 0.05) is 19.3 Å². The smallest absolute Gasteiger partial charge is 0.332 e. The van der Waals surface area contributed by atoms with Gasteiger partial charge in [0.1, 0.15) is 11.8 Å². The highest BCUT2D eigenvalue weighted by molar-refractivity contribution is 5.80. The summed E-state index contributed by atoms with van der Waals surface area (Å²) in [6.45, 7) is 2.79. The zero-order valence-electron chi connectivity index (χ0n) is 19.4. The standard InChI is InChI=1S/C25H27N3O6/c1-16(14-26)34-19-5-6-21-20(13-19)24(29)27(25(30)28(21)18-8-10-33-11-9-18)15-17-4-7-22(31-2)23(12-17)32-3/h4-7,12-13,16,18H,8-11,15H2,1-3H3. The first-order chi connectivity index (χ1) is 16.5. The summed E-state index contributed by atoms with van der Waals surface area (Å²) in [7, 11) is 3.08. The summed E-state index contributed by atoms with van der Waals surface area (Å²) in [5.41, 5.74) is 0.467. The maximum Gasteiger partial charge on any atom is 0.332 e. The Morgan fingerprint density at radius 3 is 2.50 bits per heavy atom. The highest BCUT2D eigenvalue weighted by Crippen LogP contribution is 2.28. The highest BCUT2D eigenvalue weighted by Gasteiger charge is 2.23. The Kier molecular flexibility index (Phi) is 6.89. The number of ether oxygens (including phenoxy) is 4. The normalized spacial score (nSPS) is 15.0. The van der Waals surface area contributed by atoms with Crippen LogP contribution in [0.1, 0.15) is 31.4 Å². The lowest BCUT2D eigenvalue weighted by atomic mass is 10.1. The van der Waals surface area contributed by atoms with E-state index in [9.17, 15) is 9.59 Å². The molecule has 2 heterocycles. The first kappa shape index (κ1) is 23.4. The van der Waals surface area contributed by atoms with Crippen LogP contribution in [0.15, 0.2) is 46.0 Å². The van der Waals surface area contributed by atoms with Gasteiger partial charge in [-0.25, -0.2) is 4.79 Å². The molecule has 0 bridgehead atoms. The number of benzene rings is 2. The summed E-state index contributed by atoms with van der Waals surface area (Å²) < 4.78 is 24.7. The fraction of sp³-hybridized carbons (Fsp3) is 0.400. The molecule has 1 fully saturated rings. The third-order valence-corrected chi connectivity index (χ3v) is 5.98. The van der Waals surface area contributed by atoms with Crippen molar-refractivity contribution in [2.45, 2.75) is 38.5 Å². The topological polar surface area (TPSA) is 105 Å². The van der Waals surface area contributed by atoms with Crippen LogP contribution >= 0.6 is 0 Å². The predicted molar refractivity (Wildman–Crippen MR) is 126 cm³/mol. The molecule has 34 heavy (non-hydrogen) atoms. The molecule has 0 N–H and O–H groups in total. The SMILES string of the molecule is COc1ccc(Cn2c(=O)c3cc(OC(C)C#N)ccc3n(C3CCOCC3)c2=O)cc1OC. The monoisotopic (exact) mass is 465 g/mol. The molecule has 1 aliphatic rings. The van der Waals surface area contributed by atoms with Crippen LogP contribution in [0.4, 0.5) is 0 Å². The molecule has 0 spiro atoms. The Bertz CT molecular complexity index is 1350. The molecule has 0 radical (unpaired) electrons. The Balaban J connectivity index is 1.89. The summed E-state index contributed by atoms with van der Waals surface area (Å²) in [6, 6.07) is 12.2. The number of rotatable bonds is 7. The molecule has 1 aromatic heterocycles. The van der Waals surface area contributed by atoms with E-state index < -0.39 is 11.7 Å². The van der Waals surface area contributed by atoms with Gasteiger partial charge < -0.3 is 18.9 Å². The summed E-state index contributed by atoms with van der Waals surface area (Å²) in [5, 5.41) is 9.44. The zero-order chi connectivity index (χ0) is 24.2. The van der Waals surface area contributed by atoms with E-state index >= 15 is 0 Å². The van der Waals surface area contributed by atoms with E-state index in [4.69, 9.17) is 24.2 Å². The van der Waals surface area contributed by atoms with Crippen molar-refractivity contribution in [2.24, 2.45) is 0 Å². The van der Waals surface area contributed by atoms with E-state index in [1.165, 1.54) is 11.7 Å². The Morgan fingerprint density at radius 1 is 1.09 bits per heavy atom. The fourth-order valence-electron chi connectivity index (χ4n) is 4.26. The largest absolute Gasteiger partial charge is 0.493 e. The molecule has 2 aromatic carbocycles. The average Bonchev–Trinajstić information content (AvgIpc) is 2.87. The molecule has 1 atom stereocenters. The second kappa shape index (κ2) is 10.0. The van der Waals surface area contributed by atoms with Gasteiger partial charge in [-0.3, -0.25) is 13.9 Å². The van der Waals surface area contributed by atoms with E-state index in [0.717, 1.165) is 5.56 Å². The number of hydrogen-bond donors (Lipinski definition) is 0. The third-order valence-electron chi connectivity index (χ3n) is 5.98. The Hall–Kier alpha value is -3.77. The van der Waals surface area contributed by atoms with E-state index in [2.05, 4.69) is 0 Å². The molecule has 0 saturated carbocycles. The Labute approximate surface area is 196 Å². The first-order valence-corrected chi connectivity index (χ1v) is 11.1. The summed E-state index contributed by atoms with van der Waals surface area (Å²) in [5.74, 6) is 1.47. The Morgan fingerprint density at radius 2 is 1.82 bits per heavy atom. The van der Waals surface area contributed by atoms with Gasteiger partial charge in [0.25, 0.3) is 5.56 Å². The van der Waals surface area contributed by atoms with Gasteiger partial charge in [-0.05, 0) is 55.7 Å². The summed E-state index contributed by atoms with van der Waals surface area (Å²) >= 11 is 0. The molecule has 4 rings (SSSR count). The molecule has 0 aliphatic carbocycles. The van der Waals surface area contributed by atoms with Gasteiger partial charge in [0.05, 0.1) is 31.7 Å². The average molecular weight is 466 g/mol. The second-order valence-corrected chi connectivity index (χ2v) is 8.14. The first-order valence-electron chi connectivity index (χ1n) is 11.1. The number of aromatic nitrogens is 2. The van der Waals surface area contributed by atoms with E-state index in [-0.39, 0.29) is 18.3 Å². The van der Waals surface area contributed by atoms with Crippen LogP contribution in [0.25, 0.3) is 10.9 Å². The molecule has 9 heteroatoms. The lowest BCUT2D eigenvalue weighted by molar-refractivity contribution is 0.0691. The van der Waals surface area contributed by atoms with Crippen LogP contribution in [0, 0.1) is 11.3 Å². The number of hydrogen-bond acceptors (Lipinski definition) is 7. The van der Waals surface area contributed by atoms with Crippen LogP contribution in [-0.2, 0) is 11.3 Å². The van der Waals surface area contributed by atoms with Gasteiger partial charge in [-0.15, -0.1) is 0 Å². The van der Waals surface area contributed by atoms with Crippen LogP contribution in [0.2, 0.25) is 0 Å². The fourth-order valence-corrected chi connectivity index (χ4v) is 4.26. The van der Waals surface area contributed by atoms with Crippen LogP contribution < -0.4 is 25.5 Å². The lowest BCUT2D eigenvalue weighted by Gasteiger charge is -2.26. The van der Waals surface area contributed by atoms with Gasteiger partial charge >= 0.3 is 5.69 Å². The maximum atomic E-state index is 13.6. The molecule has 178 valence electrons. The van der Waals surface area contributed by atoms with Crippen LogP contribution in [-0.4, -0.2) is 42.7 Å². The van der Waals surface area contributed by atoms with Crippen molar-refractivity contribution in [1.82, 2.24) is 9.13 Å². The van der Waals surface area contributed by atoms with Crippen molar-refractivity contribution in [3.05, 3.63) is 62.8 Å². The molecule has 1 saturated heterocycles. The van der Waals surface area contributed by atoms with Crippen molar-refractivity contribution < 1.29 is 18.9 Å². The quantitative estimate of drug-likeness (QED) is 0.528. The van der Waals surface area contributed by atoms with Crippen molar-refractivity contribution >= 4 is 10.9 Å². The number of nitrogens with zero attached hydrogens (tertiary/aromatic N) is 3. The van der Waals surface area contributed by atoms with Crippen molar-refractivity contribution in [2.75, 3.05) is 27.4 Å². The number of methoxy groups -OCH3 is 2. The third kappa shape index (κ3) is 4.50.